The molecule has 23 heavy (non-hydrogen) atoms. The number of carbonyl (C=O) groups is 2. The Hall–Kier alpha value is -2.62. The smallest absolute Gasteiger partial charge is 0.332 e. The van der Waals surface area contributed by atoms with Crippen LogP contribution in [-0.2, 0) is 9.59 Å². The zero-order valence-corrected chi connectivity index (χ0v) is 13.2. The second kappa shape index (κ2) is 10.2. The Morgan fingerprint density at radius 3 is 2.43 bits per heavy atom. The number of carboxylic acid groups (broad SMARTS) is 2. The van der Waals surface area contributed by atoms with Crippen LogP contribution >= 0.6 is 0 Å². The minimum Gasteiger partial charge on any atom is -0.478 e. The molecule has 4 heteroatoms. The van der Waals surface area contributed by atoms with Crippen molar-refractivity contribution in [2.75, 3.05) is 0 Å². The van der Waals surface area contributed by atoms with Gasteiger partial charge in [-0.1, -0.05) is 74.4 Å². The molecule has 4 nitrogen and oxygen atoms in total. The van der Waals surface area contributed by atoms with Crippen molar-refractivity contribution in [3.05, 3.63) is 65.8 Å². The van der Waals surface area contributed by atoms with Crippen LogP contribution in [0.3, 0.4) is 0 Å². The lowest BCUT2D eigenvalue weighted by Gasteiger charge is -2.12. The molecule has 0 aliphatic rings. The zero-order chi connectivity index (χ0) is 17.1. The van der Waals surface area contributed by atoms with E-state index in [1.807, 2.05) is 43.3 Å². The first-order chi connectivity index (χ1) is 11.0. The van der Waals surface area contributed by atoms with E-state index in [-0.39, 0.29) is 5.57 Å². The highest BCUT2D eigenvalue weighted by molar-refractivity contribution is 5.88. The van der Waals surface area contributed by atoms with Crippen LogP contribution in [0.15, 0.2) is 60.2 Å². The van der Waals surface area contributed by atoms with E-state index in [9.17, 15) is 14.7 Å². The molecule has 122 valence electrons. The van der Waals surface area contributed by atoms with Crippen molar-refractivity contribution in [3.8, 4) is 0 Å². The van der Waals surface area contributed by atoms with Gasteiger partial charge in [0.15, 0.2) is 0 Å². The largest absolute Gasteiger partial charge is 0.478 e. The van der Waals surface area contributed by atoms with Crippen LogP contribution in [0.25, 0.3) is 6.08 Å². The summed E-state index contributed by atoms with van der Waals surface area (Å²) in [7, 11) is 0. The molecule has 0 aromatic heterocycles. The molecule has 0 saturated heterocycles. The van der Waals surface area contributed by atoms with Gasteiger partial charge in [0.2, 0.25) is 0 Å². The van der Waals surface area contributed by atoms with Gasteiger partial charge in [-0.15, -0.1) is 0 Å². The zero-order valence-electron chi connectivity index (χ0n) is 13.2. The summed E-state index contributed by atoms with van der Waals surface area (Å²) in [5, 5.41) is 18.2. The summed E-state index contributed by atoms with van der Waals surface area (Å²) in [4.78, 5) is 22.2. The maximum Gasteiger partial charge on any atom is 0.332 e. The lowest BCUT2D eigenvalue weighted by Crippen LogP contribution is -2.11. The average molecular weight is 314 g/mol. The number of carboxylic acids is 2. The standard InChI is InChI=1S/C19H22O4/c1-2-3-11-16(13-14-18(20)21)17(19(22)23)12-7-10-15-8-5-4-6-9-15/h4-10,12-14,16H,2-3,11H2,1H3,(H,20,21)(H,22,23). The predicted molar refractivity (Wildman–Crippen MR) is 91.0 cm³/mol. The molecule has 1 aromatic rings. The highest BCUT2D eigenvalue weighted by Crippen LogP contribution is 2.21. The molecule has 0 fully saturated rings. The summed E-state index contributed by atoms with van der Waals surface area (Å²) >= 11 is 0. The van der Waals surface area contributed by atoms with E-state index >= 15 is 0 Å². The van der Waals surface area contributed by atoms with Gasteiger partial charge in [-0.2, -0.15) is 0 Å². The Kier molecular flexibility index (Phi) is 8.14. The molecule has 0 saturated carbocycles. The van der Waals surface area contributed by atoms with Crippen molar-refractivity contribution in [1.29, 1.82) is 0 Å². The SMILES string of the molecule is CCCCC(C=CC(=O)O)C(=CC=Cc1ccccc1)C(=O)O. The first kappa shape index (κ1) is 18.4. The van der Waals surface area contributed by atoms with Gasteiger partial charge in [0, 0.05) is 17.6 Å². The fourth-order valence-corrected chi connectivity index (χ4v) is 2.16. The summed E-state index contributed by atoms with van der Waals surface area (Å²) in [6.45, 7) is 2.01. The molecule has 0 heterocycles. The van der Waals surface area contributed by atoms with Gasteiger partial charge in [0.25, 0.3) is 0 Å². The molecular weight excluding hydrogens is 292 g/mol. The average Bonchev–Trinajstić information content (AvgIpc) is 2.53. The highest BCUT2D eigenvalue weighted by atomic mass is 16.4. The topological polar surface area (TPSA) is 74.6 Å². The van der Waals surface area contributed by atoms with Gasteiger partial charge >= 0.3 is 11.9 Å². The fraction of sp³-hybridized carbons (Fsp3) is 0.263. The Balaban J connectivity index is 2.98. The van der Waals surface area contributed by atoms with Crippen LogP contribution in [0, 0.1) is 5.92 Å². The molecule has 1 aromatic carbocycles. The van der Waals surface area contributed by atoms with Crippen molar-refractivity contribution in [2.45, 2.75) is 26.2 Å². The maximum absolute atomic E-state index is 11.5. The Morgan fingerprint density at radius 2 is 1.87 bits per heavy atom. The third kappa shape index (κ3) is 7.27. The molecule has 0 amide bonds. The molecule has 0 bridgehead atoms. The van der Waals surface area contributed by atoms with Crippen LogP contribution in [0.1, 0.15) is 31.7 Å². The van der Waals surface area contributed by atoms with Gasteiger partial charge in [-0.05, 0) is 12.0 Å². The summed E-state index contributed by atoms with van der Waals surface area (Å²) in [5.74, 6) is -2.51. The van der Waals surface area contributed by atoms with E-state index < -0.39 is 17.9 Å². The van der Waals surface area contributed by atoms with E-state index in [1.54, 1.807) is 12.2 Å². The van der Waals surface area contributed by atoms with Gasteiger partial charge in [0.05, 0.1) is 0 Å². The highest BCUT2D eigenvalue weighted by Gasteiger charge is 2.17. The number of hydrogen-bond acceptors (Lipinski definition) is 2. The minimum absolute atomic E-state index is 0.197. The first-order valence-electron chi connectivity index (χ1n) is 7.62. The molecule has 1 rings (SSSR count). The predicted octanol–water partition coefficient (Wildman–Crippen LogP) is 4.16. The molecule has 2 N–H and O–H groups in total. The van der Waals surface area contributed by atoms with Gasteiger partial charge in [-0.3, -0.25) is 0 Å². The number of hydrogen-bond donors (Lipinski definition) is 2. The normalized spacial score (nSPS) is 13.5. The third-order valence-corrected chi connectivity index (χ3v) is 3.35. The molecule has 0 spiro atoms. The van der Waals surface area contributed by atoms with E-state index in [4.69, 9.17) is 5.11 Å². The number of allylic oxidation sites excluding steroid dienone is 3. The summed E-state index contributed by atoms with van der Waals surface area (Å²) in [6.07, 6.45) is 9.88. The molecule has 0 aliphatic carbocycles. The van der Waals surface area contributed by atoms with Crippen molar-refractivity contribution >= 4 is 18.0 Å². The van der Waals surface area contributed by atoms with Crippen LogP contribution in [0.4, 0.5) is 0 Å². The first-order valence-corrected chi connectivity index (χ1v) is 7.62. The van der Waals surface area contributed by atoms with Crippen LogP contribution in [-0.4, -0.2) is 22.2 Å². The lowest BCUT2D eigenvalue weighted by atomic mass is 9.92. The Morgan fingerprint density at radius 1 is 1.17 bits per heavy atom. The number of unbranched alkanes of at least 4 members (excludes halogenated alkanes) is 1. The van der Waals surface area contributed by atoms with Crippen molar-refractivity contribution in [2.24, 2.45) is 5.92 Å². The van der Waals surface area contributed by atoms with Crippen LogP contribution in [0.2, 0.25) is 0 Å². The second-order valence-corrected chi connectivity index (χ2v) is 5.14. The van der Waals surface area contributed by atoms with Crippen molar-refractivity contribution in [1.82, 2.24) is 0 Å². The second-order valence-electron chi connectivity index (χ2n) is 5.14. The quantitative estimate of drug-likeness (QED) is 0.530. The molecular formula is C19H22O4. The lowest BCUT2D eigenvalue weighted by molar-refractivity contribution is -0.133. The van der Waals surface area contributed by atoms with E-state index in [0.29, 0.717) is 6.42 Å². The summed E-state index contributed by atoms with van der Waals surface area (Å²) in [5.41, 5.74) is 1.17. The third-order valence-electron chi connectivity index (χ3n) is 3.35. The molecule has 1 atom stereocenters. The maximum atomic E-state index is 11.5. The molecule has 1 unspecified atom stereocenters. The van der Waals surface area contributed by atoms with E-state index in [2.05, 4.69) is 0 Å². The molecule has 0 radical (unpaired) electrons. The van der Waals surface area contributed by atoms with Crippen LogP contribution in [0.5, 0.6) is 0 Å². The Labute approximate surface area is 136 Å². The van der Waals surface area contributed by atoms with Gasteiger partial charge in [-0.25, -0.2) is 9.59 Å². The van der Waals surface area contributed by atoms with Gasteiger partial charge < -0.3 is 10.2 Å². The number of aliphatic carboxylic acids is 2. The Bertz CT molecular complexity index is 597. The summed E-state index contributed by atoms with van der Waals surface area (Å²) < 4.78 is 0. The molecule has 0 aliphatic heterocycles. The minimum atomic E-state index is -1.07. The van der Waals surface area contributed by atoms with E-state index in [0.717, 1.165) is 24.5 Å². The van der Waals surface area contributed by atoms with Crippen LogP contribution < -0.4 is 0 Å². The van der Waals surface area contributed by atoms with Gasteiger partial charge in [0.1, 0.15) is 0 Å². The number of rotatable bonds is 9. The van der Waals surface area contributed by atoms with E-state index in [1.165, 1.54) is 6.08 Å². The van der Waals surface area contributed by atoms with Crippen molar-refractivity contribution in [3.63, 3.8) is 0 Å². The van der Waals surface area contributed by atoms with Crippen molar-refractivity contribution < 1.29 is 19.8 Å². The number of benzene rings is 1. The monoisotopic (exact) mass is 314 g/mol. The fourth-order valence-electron chi connectivity index (χ4n) is 2.16. The summed E-state index contributed by atoms with van der Waals surface area (Å²) in [6, 6.07) is 9.56.